The number of para-hydroxylation sites is 1. The highest BCUT2D eigenvalue weighted by atomic mass is 32.1. The summed E-state index contributed by atoms with van der Waals surface area (Å²) in [5.74, 6) is 1.35. The van der Waals surface area contributed by atoms with Gasteiger partial charge in [0, 0.05) is 7.05 Å². The van der Waals surface area contributed by atoms with Gasteiger partial charge in [0.2, 0.25) is 0 Å². The molecule has 1 aliphatic rings. The third-order valence-electron chi connectivity index (χ3n) is 4.90. The van der Waals surface area contributed by atoms with Crippen molar-refractivity contribution in [2.24, 2.45) is 0 Å². The minimum absolute atomic E-state index is 0.130. The molecule has 1 fully saturated rings. The van der Waals surface area contributed by atoms with Crippen molar-refractivity contribution in [1.29, 1.82) is 0 Å². The van der Waals surface area contributed by atoms with E-state index in [9.17, 15) is 9.90 Å². The average molecular weight is 392 g/mol. The van der Waals surface area contributed by atoms with E-state index in [4.69, 9.17) is 4.74 Å². The zero-order chi connectivity index (χ0) is 19.7. The van der Waals surface area contributed by atoms with Crippen molar-refractivity contribution >= 4 is 18.5 Å². The smallest absolute Gasteiger partial charge is 0.253 e. The molecule has 4 rings (SSSR count). The number of phenolic OH excluding ortho intramolecular Hbond substituents is 1. The largest absolute Gasteiger partial charge is 0.508 e. The molecule has 1 aliphatic heterocycles. The molecule has 5 nitrogen and oxygen atoms in total. The molecule has 0 saturated carbocycles. The van der Waals surface area contributed by atoms with Gasteiger partial charge in [-0.15, -0.1) is 12.6 Å². The number of nitrogens with one attached hydrogen (secondary N) is 1. The number of ether oxygens (including phenoxy) is 1. The van der Waals surface area contributed by atoms with Crippen LogP contribution in [0.3, 0.4) is 0 Å². The van der Waals surface area contributed by atoms with Gasteiger partial charge in [0.15, 0.2) is 5.54 Å². The first-order chi connectivity index (χ1) is 13.5. The van der Waals surface area contributed by atoms with Gasteiger partial charge in [-0.05, 0) is 47.5 Å². The number of rotatable bonds is 4. The molecule has 0 radical (unpaired) electrons. The summed E-state index contributed by atoms with van der Waals surface area (Å²) >= 11 is 4.50. The number of nitrogens with zero attached hydrogens (tertiary/aromatic N) is 1. The van der Waals surface area contributed by atoms with E-state index in [2.05, 4.69) is 17.9 Å². The van der Waals surface area contributed by atoms with Gasteiger partial charge in [0.25, 0.3) is 5.91 Å². The zero-order valence-electron chi connectivity index (χ0n) is 15.2. The van der Waals surface area contributed by atoms with Crippen LogP contribution >= 0.6 is 12.6 Å². The fourth-order valence-corrected chi connectivity index (χ4v) is 3.74. The van der Waals surface area contributed by atoms with E-state index in [1.165, 1.54) is 0 Å². The quantitative estimate of drug-likeness (QED) is 0.593. The Kier molecular flexibility index (Phi) is 4.75. The summed E-state index contributed by atoms with van der Waals surface area (Å²) in [5.41, 5.74) is -0.110. The van der Waals surface area contributed by atoms with Gasteiger partial charge in [-0.3, -0.25) is 10.1 Å². The van der Waals surface area contributed by atoms with Gasteiger partial charge in [-0.25, -0.2) is 0 Å². The Bertz CT molecular complexity index is 994. The molecule has 1 saturated heterocycles. The average Bonchev–Trinajstić information content (AvgIpc) is 2.94. The minimum atomic E-state index is -1.12. The molecule has 0 spiro atoms. The van der Waals surface area contributed by atoms with Crippen LogP contribution in [-0.2, 0) is 10.3 Å². The number of aromatic hydroxyl groups is 1. The Morgan fingerprint density at radius 2 is 1.64 bits per heavy atom. The summed E-state index contributed by atoms with van der Waals surface area (Å²) in [6.07, 6.45) is 0. The first-order valence-electron chi connectivity index (χ1n) is 8.87. The molecule has 0 aliphatic carbocycles. The first kappa shape index (κ1) is 18.4. The van der Waals surface area contributed by atoms with Gasteiger partial charge in [-0.1, -0.05) is 42.5 Å². The molecule has 142 valence electrons. The lowest BCUT2D eigenvalue weighted by molar-refractivity contribution is -0.130. The van der Waals surface area contributed by atoms with Gasteiger partial charge in [-0.2, -0.15) is 0 Å². The number of carbonyl (C=O) groups excluding carboxylic acids is 1. The Labute approximate surface area is 169 Å². The highest BCUT2D eigenvalue weighted by molar-refractivity contribution is 7.80. The zero-order valence-corrected chi connectivity index (χ0v) is 16.1. The third kappa shape index (κ3) is 3.10. The maximum atomic E-state index is 13.3. The predicted octanol–water partition coefficient (Wildman–Crippen LogP) is 3.70. The van der Waals surface area contributed by atoms with E-state index in [-0.39, 0.29) is 11.7 Å². The predicted molar refractivity (Wildman–Crippen MR) is 111 cm³/mol. The fraction of sp³-hybridized carbons (Fsp3) is 0.136. The van der Waals surface area contributed by atoms with Crippen LogP contribution < -0.4 is 10.1 Å². The second-order valence-corrected chi connectivity index (χ2v) is 7.16. The fourth-order valence-electron chi connectivity index (χ4n) is 3.44. The summed E-state index contributed by atoms with van der Waals surface area (Å²) in [7, 11) is 1.71. The number of hydrogen-bond acceptors (Lipinski definition) is 5. The highest BCUT2D eigenvalue weighted by Crippen LogP contribution is 2.39. The number of amides is 1. The number of hydrogen-bond donors (Lipinski definition) is 3. The van der Waals surface area contributed by atoms with Crippen LogP contribution in [0.15, 0.2) is 78.9 Å². The van der Waals surface area contributed by atoms with E-state index in [1.54, 1.807) is 36.2 Å². The lowest BCUT2D eigenvalue weighted by Crippen LogP contribution is -2.45. The van der Waals surface area contributed by atoms with Crippen LogP contribution in [0.1, 0.15) is 11.1 Å². The number of thiol groups is 1. The number of likely N-dealkylation sites (N-methyl/N-ethyl adjacent to an activating group) is 1. The van der Waals surface area contributed by atoms with Crippen LogP contribution in [-0.4, -0.2) is 28.5 Å². The Hall–Kier alpha value is -2.96. The van der Waals surface area contributed by atoms with Crippen molar-refractivity contribution < 1.29 is 14.6 Å². The maximum Gasteiger partial charge on any atom is 0.253 e. The van der Waals surface area contributed by atoms with Crippen LogP contribution in [0, 0.1) is 0 Å². The Morgan fingerprint density at radius 3 is 2.29 bits per heavy atom. The van der Waals surface area contributed by atoms with Gasteiger partial charge in [0.1, 0.15) is 22.7 Å². The molecule has 6 heteroatoms. The molecular weight excluding hydrogens is 372 g/mol. The molecule has 3 aromatic rings. The summed E-state index contributed by atoms with van der Waals surface area (Å²) in [4.78, 5) is 14.9. The number of benzene rings is 3. The molecule has 1 amide bonds. The summed E-state index contributed by atoms with van der Waals surface area (Å²) in [6, 6.07) is 23.5. The van der Waals surface area contributed by atoms with Crippen molar-refractivity contribution in [3.63, 3.8) is 0 Å². The number of phenols is 1. The second-order valence-electron chi connectivity index (χ2n) is 6.67. The molecule has 28 heavy (non-hydrogen) atoms. The maximum absolute atomic E-state index is 13.3. The normalized spacial score (nSPS) is 21.7. The van der Waals surface area contributed by atoms with Crippen molar-refractivity contribution in [2.75, 3.05) is 7.05 Å². The lowest BCUT2D eigenvalue weighted by Gasteiger charge is -2.29. The summed E-state index contributed by atoms with van der Waals surface area (Å²) in [6.45, 7) is 0. The van der Waals surface area contributed by atoms with Gasteiger partial charge in [0.05, 0.1) is 0 Å². The van der Waals surface area contributed by atoms with Crippen LogP contribution in [0.4, 0.5) is 0 Å². The molecule has 2 N–H and O–H groups in total. The van der Waals surface area contributed by atoms with Crippen LogP contribution in [0.25, 0.3) is 0 Å². The first-order valence-corrected chi connectivity index (χ1v) is 9.38. The van der Waals surface area contributed by atoms with Gasteiger partial charge < -0.3 is 14.7 Å². The van der Waals surface area contributed by atoms with Crippen molar-refractivity contribution in [3.8, 4) is 17.2 Å². The van der Waals surface area contributed by atoms with Crippen molar-refractivity contribution in [1.82, 2.24) is 10.2 Å². The van der Waals surface area contributed by atoms with E-state index >= 15 is 0 Å². The molecule has 0 aromatic heterocycles. The van der Waals surface area contributed by atoms with Gasteiger partial charge >= 0.3 is 0 Å². The second kappa shape index (κ2) is 7.22. The topological polar surface area (TPSA) is 61.8 Å². The van der Waals surface area contributed by atoms with E-state index in [0.29, 0.717) is 11.5 Å². The monoisotopic (exact) mass is 392 g/mol. The Balaban J connectivity index is 1.81. The molecule has 2 atom stereocenters. The van der Waals surface area contributed by atoms with Crippen LogP contribution in [0.2, 0.25) is 0 Å². The van der Waals surface area contributed by atoms with E-state index in [1.807, 2.05) is 54.6 Å². The SMILES string of the molecule is CN1C(=O)C(c2ccc(O)cc2)(c2cccc(Oc3ccccc3)c2)NC1S. The highest BCUT2D eigenvalue weighted by Gasteiger charge is 2.51. The number of carbonyl (C=O) groups is 1. The molecule has 1 heterocycles. The standard InChI is InChI=1S/C22H20N2O3S/c1-24-20(26)22(23-21(24)28,15-10-12-17(25)13-11-15)16-6-5-9-19(14-16)27-18-7-3-2-4-8-18/h2-14,21,23,25,28H,1H3. The third-order valence-corrected chi connectivity index (χ3v) is 5.38. The summed E-state index contributed by atoms with van der Waals surface area (Å²) < 4.78 is 5.96. The lowest BCUT2D eigenvalue weighted by atomic mass is 9.82. The molecule has 2 unspecified atom stereocenters. The van der Waals surface area contributed by atoms with E-state index in [0.717, 1.165) is 11.1 Å². The molecule has 0 bridgehead atoms. The summed E-state index contributed by atoms with van der Waals surface area (Å²) in [5, 5.41) is 13.0. The van der Waals surface area contributed by atoms with E-state index < -0.39 is 11.0 Å². The molecule has 3 aromatic carbocycles. The van der Waals surface area contributed by atoms with Crippen molar-refractivity contribution in [2.45, 2.75) is 11.0 Å². The van der Waals surface area contributed by atoms with Crippen molar-refractivity contribution in [3.05, 3.63) is 90.0 Å². The minimum Gasteiger partial charge on any atom is -0.508 e. The Morgan fingerprint density at radius 1 is 0.964 bits per heavy atom. The molecular formula is C22H20N2O3S. The van der Waals surface area contributed by atoms with Crippen LogP contribution in [0.5, 0.6) is 17.2 Å².